The van der Waals surface area contributed by atoms with E-state index in [4.69, 9.17) is 4.74 Å². The van der Waals surface area contributed by atoms with Crippen molar-refractivity contribution in [3.63, 3.8) is 0 Å². The summed E-state index contributed by atoms with van der Waals surface area (Å²) in [5.41, 5.74) is 1.22. The SMILES string of the molecule is CC.CC.CC.CC.CC(C)c1cnn2c(=O)[nH]c(OC3CCN(C)CC3)nc12. The molecule has 0 aliphatic carbocycles. The first-order chi connectivity index (χ1) is 14.0. The zero-order valence-corrected chi connectivity index (χ0v) is 20.7. The second-order valence-corrected chi connectivity index (χ2v) is 5.96. The third-order valence-corrected chi connectivity index (χ3v) is 3.95. The Labute approximate surface area is 177 Å². The molecule has 1 fully saturated rings. The maximum atomic E-state index is 12.0. The summed E-state index contributed by atoms with van der Waals surface area (Å²) in [5, 5.41) is 4.09. The molecule has 3 heterocycles. The minimum Gasteiger partial charge on any atom is -0.461 e. The van der Waals surface area contributed by atoms with E-state index in [1.807, 2.05) is 55.4 Å². The van der Waals surface area contributed by atoms with Gasteiger partial charge in [0.15, 0.2) is 5.65 Å². The van der Waals surface area contributed by atoms with Gasteiger partial charge in [-0.2, -0.15) is 14.6 Å². The predicted molar refractivity (Wildman–Crippen MR) is 124 cm³/mol. The molecule has 0 saturated carbocycles. The fourth-order valence-electron chi connectivity index (χ4n) is 2.61. The number of nitrogens with zero attached hydrogens (tertiary/aromatic N) is 4. The van der Waals surface area contributed by atoms with Crippen LogP contribution in [0, 0.1) is 0 Å². The van der Waals surface area contributed by atoms with Crippen molar-refractivity contribution in [2.75, 3.05) is 20.1 Å². The van der Waals surface area contributed by atoms with Gasteiger partial charge in [-0.15, -0.1) is 0 Å². The number of hydrogen-bond donors (Lipinski definition) is 1. The molecule has 2 aromatic rings. The Kier molecular flexibility index (Phi) is 17.2. The Morgan fingerprint density at radius 2 is 1.55 bits per heavy atom. The number of piperidine rings is 1. The van der Waals surface area contributed by atoms with Crippen molar-refractivity contribution in [2.45, 2.75) is 94.1 Å². The Morgan fingerprint density at radius 3 is 2.03 bits per heavy atom. The zero-order valence-electron chi connectivity index (χ0n) is 20.7. The van der Waals surface area contributed by atoms with Crippen LogP contribution in [0.15, 0.2) is 11.0 Å². The van der Waals surface area contributed by atoms with Crippen LogP contribution in [0.4, 0.5) is 0 Å². The van der Waals surface area contributed by atoms with Crippen LogP contribution in [0.1, 0.15) is 93.6 Å². The summed E-state index contributed by atoms with van der Waals surface area (Å²) in [5.74, 6) is 0.257. The van der Waals surface area contributed by atoms with Gasteiger partial charge in [-0.25, -0.2) is 4.79 Å². The summed E-state index contributed by atoms with van der Waals surface area (Å²) in [4.78, 5) is 21.4. The molecular weight excluding hydrogens is 366 g/mol. The van der Waals surface area contributed by atoms with E-state index in [-0.39, 0.29) is 17.7 Å². The molecule has 0 radical (unpaired) electrons. The van der Waals surface area contributed by atoms with E-state index in [0.29, 0.717) is 11.7 Å². The number of ether oxygens (including phenoxy) is 1. The molecule has 0 amide bonds. The van der Waals surface area contributed by atoms with Gasteiger partial charge in [0.2, 0.25) is 0 Å². The molecule has 29 heavy (non-hydrogen) atoms. The maximum Gasteiger partial charge on any atom is 0.352 e. The van der Waals surface area contributed by atoms with Gasteiger partial charge in [0.05, 0.1) is 6.20 Å². The van der Waals surface area contributed by atoms with Crippen LogP contribution in [0.2, 0.25) is 0 Å². The second-order valence-electron chi connectivity index (χ2n) is 5.96. The number of hydrogen-bond acceptors (Lipinski definition) is 5. The lowest BCUT2D eigenvalue weighted by atomic mass is 10.1. The highest BCUT2D eigenvalue weighted by Crippen LogP contribution is 2.19. The molecule has 3 rings (SSSR count). The largest absolute Gasteiger partial charge is 0.461 e. The number of likely N-dealkylation sites (tertiary alicyclic amines) is 1. The maximum absolute atomic E-state index is 12.0. The predicted octanol–water partition coefficient (Wildman–Crippen LogP) is 5.12. The highest BCUT2D eigenvalue weighted by molar-refractivity contribution is 5.47. The molecule has 0 bridgehead atoms. The van der Waals surface area contributed by atoms with Gasteiger partial charge in [-0.1, -0.05) is 69.2 Å². The van der Waals surface area contributed by atoms with Crippen molar-refractivity contribution >= 4 is 5.65 Å². The third kappa shape index (κ3) is 8.98. The lowest BCUT2D eigenvalue weighted by Crippen LogP contribution is -2.36. The van der Waals surface area contributed by atoms with Gasteiger partial charge < -0.3 is 9.64 Å². The molecule has 1 saturated heterocycles. The fourth-order valence-corrected chi connectivity index (χ4v) is 2.61. The molecule has 7 nitrogen and oxygen atoms in total. The summed E-state index contributed by atoms with van der Waals surface area (Å²) < 4.78 is 7.15. The summed E-state index contributed by atoms with van der Waals surface area (Å²) >= 11 is 0. The number of nitrogens with one attached hydrogen (secondary N) is 1. The first-order valence-electron chi connectivity index (χ1n) is 11.4. The van der Waals surface area contributed by atoms with Crippen LogP contribution < -0.4 is 10.4 Å². The molecule has 170 valence electrons. The molecule has 0 unspecified atom stereocenters. The molecule has 1 N–H and O–H groups in total. The number of aromatic amines is 1. The molecule has 1 aliphatic rings. The quantitative estimate of drug-likeness (QED) is 0.759. The van der Waals surface area contributed by atoms with Crippen LogP contribution in [-0.4, -0.2) is 50.7 Å². The van der Waals surface area contributed by atoms with Crippen molar-refractivity contribution in [3.05, 3.63) is 22.2 Å². The third-order valence-electron chi connectivity index (χ3n) is 3.95. The van der Waals surface area contributed by atoms with E-state index >= 15 is 0 Å². The number of fused-ring (bicyclic) bond motifs is 1. The molecular formula is C22H45N5O2. The van der Waals surface area contributed by atoms with Crippen LogP contribution in [0.5, 0.6) is 6.01 Å². The monoisotopic (exact) mass is 411 g/mol. The highest BCUT2D eigenvalue weighted by Gasteiger charge is 2.20. The van der Waals surface area contributed by atoms with E-state index < -0.39 is 0 Å². The van der Waals surface area contributed by atoms with E-state index in [9.17, 15) is 4.79 Å². The van der Waals surface area contributed by atoms with Crippen molar-refractivity contribution in [3.8, 4) is 6.01 Å². The zero-order chi connectivity index (χ0) is 23.0. The normalized spacial score (nSPS) is 13.7. The number of H-pyrrole nitrogens is 1. The van der Waals surface area contributed by atoms with Gasteiger partial charge in [0, 0.05) is 18.7 Å². The lowest BCUT2D eigenvalue weighted by molar-refractivity contribution is 0.105. The van der Waals surface area contributed by atoms with E-state index in [1.54, 1.807) is 6.20 Å². The number of aromatic nitrogens is 4. The Bertz CT molecular complexity index is 686. The van der Waals surface area contributed by atoms with Crippen molar-refractivity contribution in [1.82, 2.24) is 24.5 Å². The number of rotatable bonds is 3. The van der Waals surface area contributed by atoms with Gasteiger partial charge in [0.1, 0.15) is 6.10 Å². The van der Waals surface area contributed by atoms with E-state index in [1.165, 1.54) is 4.52 Å². The summed E-state index contributed by atoms with van der Waals surface area (Å²) in [6.45, 7) is 22.1. The van der Waals surface area contributed by atoms with E-state index in [2.05, 4.69) is 40.9 Å². The molecule has 0 aromatic carbocycles. The van der Waals surface area contributed by atoms with Crippen LogP contribution in [0.25, 0.3) is 5.65 Å². The summed E-state index contributed by atoms with van der Waals surface area (Å²) in [7, 11) is 2.10. The van der Waals surface area contributed by atoms with Crippen molar-refractivity contribution < 1.29 is 4.74 Å². The topological polar surface area (TPSA) is 75.5 Å². The molecule has 1 aliphatic heterocycles. The molecule has 0 atom stereocenters. The Morgan fingerprint density at radius 1 is 1.03 bits per heavy atom. The standard InChI is InChI=1S/C14H21N5O2.4C2H6/c1-9(2)11-8-15-19-12(11)16-13(17-14(19)20)21-10-4-6-18(3)7-5-10;4*1-2/h8-10H,4-7H2,1-3H3,(H,16,17,20);4*1-2H3. The summed E-state index contributed by atoms with van der Waals surface area (Å²) in [6.07, 6.45) is 3.70. The molecule has 0 spiro atoms. The lowest BCUT2D eigenvalue weighted by Gasteiger charge is -2.28. The van der Waals surface area contributed by atoms with Crippen molar-refractivity contribution in [2.24, 2.45) is 0 Å². The average Bonchev–Trinajstić information content (AvgIpc) is 3.20. The fraction of sp³-hybridized carbons (Fsp3) is 0.773. The molecule has 7 heteroatoms. The first kappa shape index (κ1) is 29.3. The van der Waals surface area contributed by atoms with Crippen LogP contribution in [0.3, 0.4) is 0 Å². The first-order valence-corrected chi connectivity index (χ1v) is 11.4. The second kappa shape index (κ2) is 17.0. The van der Waals surface area contributed by atoms with Gasteiger partial charge in [0.25, 0.3) is 6.01 Å². The smallest absolute Gasteiger partial charge is 0.352 e. The van der Waals surface area contributed by atoms with Crippen LogP contribution >= 0.6 is 0 Å². The van der Waals surface area contributed by atoms with Crippen molar-refractivity contribution in [1.29, 1.82) is 0 Å². The highest BCUT2D eigenvalue weighted by atomic mass is 16.5. The van der Waals surface area contributed by atoms with Gasteiger partial charge >= 0.3 is 5.69 Å². The Hall–Kier alpha value is -1.89. The van der Waals surface area contributed by atoms with Gasteiger partial charge in [-0.3, -0.25) is 4.98 Å². The minimum atomic E-state index is -0.310. The van der Waals surface area contributed by atoms with Crippen LogP contribution in [-0.2, 0) is 0 Å². The Balaban J connectivity index is 0. The summed E-state index contributed by atoms with van der Waals surface area (Å²) in [6, 6.07) is 0.296. The van der Waals surface area contributed by atoms with Gasteiger partial charge in [-0.05, 0) is 25.8 Å². The molecule has 2 aromatic heterocycles. The van der Waals surface area contributed by atoms with E-state index in [0.717, 1.165) is 31.5 Å². The average molecular weight is 412 g/mol. The minimum absolute atomic E-state index is 0.109.